The molecule has 1 heterocycles. The number of piperidine rings is 1. The Morgan fingerprint density at radius 1 is 1.29 bits per heavy atom. The number of carbonyl (C=O) groups is 1. The first-order valence-corrected chi connectivity index (χ1v) is 9.87. The molecule has 1 aromatic rings. The van der Waals surface area contributed by atoms with E-state index in [9.17, 15) is 13.2 Å². The lowest BCUT2D eigenvalue weighted by atomic mass is 9.94. The average molecular weight is 353 g/mol. The third-order valence-electron chi connectivity index (χ3n) is 4.24. The Hall–Kier alpha value is -1.44. The van der Waals surface area contributed by atoms with E-state index in [2.05, 4.69) is 19.2 Å². The van der Waals surface area contributed by atoms with Crippen LogP contribution >= 0.6 is 0 Å². The molecule has 0 saturated carbocycles. The molecule has 6 nitrogen and oxygen atoms in total. The van der Waals surface area contributed by atoms with Gasteiger partial charge in [-0.2, -0.15) is 4.31 Å². The van der Waals surface area contributed by atoms with Gasteiger partial charge in [0, 0.05) is 25.2 Å². The zero-order valence-corrected chi connectivity index (χ0v) is 15.2. The molecule has 0 aliphatic carbocycles. The molecule has 134 valence electrons. The number of rotatable bonds is 6. The summed E-state index contributed by atoms with van der Waals surface area (Å²) < 4.78 is 27.3. The molecule has 1 amide bonds. The number of benzene rings is 1. The Balaban J connectivity index is 2.18. The van der Waals surface area contributed by atoms with Gasteiger partial charge in [0.25, 0.3) is 5.91 Å². The SMILES string of the molecule is CC1CC(C)CN(S(=O)(=O)c2cccc(C(=O)NCCCN)c2)C1. The maximum absolute atomic E-state index is 12.9. The quantitative estimate of drug-likeness (QED) is 0.757. The van der Waals surface area contributed by atoms with E-state index in [-0.39, 0.29) is 10.8 Å². The molecule has 1 aliphatic heterocycles. The summed E-state index contributed by atoms with van der Waals surface area (Å²) in [6.07, 6.45) is 1.73. The van der Waals surface area contributed by atoms with Gasteiger partial charge in [-0.1, -0.05) is 19.9 Å². The van der Waals surface area contributed by atoms with Crippen LogP contribution in [0.1, 0.15) is 37.0 Å². The molecular formula is C17H27N3O3S. The third kappa shape index (κ3) is 4.55. The van der Waals surface area contributed by atoms with Crippen molar-refractivity contribution in [2.75, 3.05) is 26.2 Å². The molecule has 1 aromatic carbocycles. The predicted molar refractivity (Wildman–Crippen MR) is 94.2 cm³/mol. The number of carbonyl (C=O) groups excluding carboxylic acids is 1. The van der Waals surface area contributed by atoms with Gasteiger partial charge in [0.15, 0.2) is 0 Å². The minimum Gasteiger partial charge on any atom is -0.352 e. The summed E-state index contributed by atoms with van der Waals surface area (Å²) in [5.74, 6) is 0.401. The molecule has 24 heavy (non-hydrogen) atoms. The smallest absolute Gasteiger partial charge is 0.251 e. The van der Waals surface area contributed by atoms with Gasteiger partial charge in [0.05, 0.1) is 4.90 Å². The fourth-order valence-corrected chi connectivity index (χ4v) is 4.88. The Labute approximate surface area is 144 Å². The van der Waals surface area contributed by atoms with Crippen LogP contribution in [0.15, 0.2) is 29.2 Å². The minimum atomic E-state index is -3.58. The summed E-state index contributed by atoms with van der Waals surface area (Å²) in [4.78, 5) is 12.3. The Bertz CT molecular complexity index is 665. The number of hydrogen-bond donors (Lipinski definition) is 2. The lowest BCUT2D eigenvalue weighted by Crippen LogP contribution is -2.42. The first kappa shape index (κ1) is 18.9. The van der Waals surface area contributed by atoms with E-state index >= 15 is 0 Å². The fraction of sp³-hybridized carbons (Fsp3) is 0.588. The zero-order valence-electron chi connectivity index (χ0n) is 14.4. The lowest BCUT2D eigenvalue weighted by molar-refractivity contribution is 0.0953. The monoisotopic (exact) mass is 353 g/mol. The average Bonchev–Trinajstić information content (AvgIpc) is 2.54. The maximum Gasteiger partial charge on any atom is 0.251 e. The Morgan fingerprint density at radius 2 is 1.96 bits per heavy atom. The zero-order chi connectivity index (χ0) is 17.7. The molecule has 0 spiro atoms. The Morgan fingerprint density at radius 3 is 2.58 bits per heavy atom. The molecule has 2 unspecified atom stereocenters. The highest BCUT2D eigenvalue weighted by Crippen LogP contribution is 2.26. The van der Waals surface area contributed by atoms with Gasteiger partial charge in [-0.25, -0.2) is 8.42 Å². The van der Waals surface area contributed by atoms with Crippen molar-refractivity contribution in [2.45, 2.75) is 31.6 Å². The standard InChI is InChI=1S/C17H27N3O3S/c1-13-9-14(2)12-20(11-13)24(22,23)16-6-3-5-15(10-16)17(21)19-8-4-7-18/h3,5-6,10,13-14H,4,7-9,11-12,18H2,1-2H3,(H,19,21). The summed E-state index contributed by atoms with van der Waals surface area (Å²) in [6.45, 7) is 6.17. The molecule has 1 aliphatic rings. The van der Waals surface area contributed by atoms with E-state index < -0.39 is 10.0 Å². The van der Waals surface area contributed by atoms with Crippen molar-refractivity contribution in [2.24, 2.45) is 17.6 Å². The fourth-order valence-electron chi connectivity index (χ4n) is 3.15. The van der Waals surface area contributed by atoms with Crippen LogP contribution in [0.3, 0.4) is 0 Å². The van der Waals surface area contributed by atoms with Crippen molar-refractivity contribution in [3.05, 3.63) is 29.8 Å². The highest BCUT2D eigenvalue weighted by molar-refractivity contribution is 7.89. The van der Waals surface area contributed by atoms with Crippen molar-refractivity contribution in [3.8, 4) is 0 Å². The van der Waals surface area contributed by atoms with Gasteiger partial charge < -0.3 is 11.1 Å². The van der Waals surface area contributed by atoms with Crippen LogP contribution in [0.25, 0.3) is 0 Å². The van der Waals surface area contributed by atoms with Gasteiger partial charge in [-0.3, -0.25) is 4.79 Å². The normalized spacial score (nSPS) is 22.3. The van der Waals surface area contributed by atoms with Crippen LogP contribution in [0.5, 0.6) is 0 Å². The maximum atomic E-state index is 12.9. The molecule has 2 atom stereocenters. The van der Waals surface area contributed by atoms with Crippen LogP contribution in [0.2, 0.25) is 0 Å². The molecule has 3 N–H and O–H groups in total. The second kappa shape index (κ2) is 8.09. The predicted octanol–water partition coefficient (Wildman–Crippen LogP) is 1.43. The first-order chi connectivity index (χ1) is 11.3. The van der Waals surface area contributed by atoms with Crippen molar-refractivity contribution in [3.63, 3.8) is 0 Å². The van der Waals surface area contributed by atoms with Crippen LogP contribution in [-0.4, -0.2) is 44.8 Å². The Kier molecular flexibility index (Phi) is 6.37. The number of nitrogens with two attached hydrogens (primary N) is 1. The lowest BCUT2D eigenvalue weighted by Gasteiger charge is -2.34. The van der Waals surface area contributed by atoms with Crippen molar-refractivity contribution < 1.29 is 13.2 Å². The topological polar surface area (TPSA) is 92.5 Å². The van der Waals surface area contributed by atoms with Crippen LogP contribution in [0, 0.1) is 11.8 Å². The summed E-state index contributed by atoms with van der Waals surface area (Å²) in [7, 11) is -3.58. The molecular weight excluding hydrogens is 326 g/mol. The molecule has 0 aromatic heterocycles. The van der Waals surface area contributed by atoms with Gasteiger partial charge in [-0.15, -0.1) is 0 Å². The van der Waals surface area contributed by atoms with E-state index in [4.69, 9.17) is 5.73 Å². The second-order valence-corrected chi connectivity index (χ2v) is 8.63. The van der Waals surface area contributed by atoms with Gasteiger partial charge in [0.1, 0.15) is 0 Å². The van der Waals surface area contributed by atoms with Gasteiger partial charge >= 0.3 is 0 Å². The van der Waals surface area contributed by atoms with Crippen molar-refractivity contribution >= 4 is 15.9 Å². The van der Waals surface area contributed by atoms with E-state index in [1.54, 1.807) is 18.2 Å². The number of hydrogen-bond acceptors (Lipinski definition) is 4. The van der Waals surface area contributed by atoms with Gasteiger partial charge in [0.2, 0.25) is 10.0 Å². The molecule has 1 saturated heterocycles. The minimum absolute atomic E-state index is 0.176. The largest absolute Gasteiger partial charge is 0.352 e. The van der Waals surface area contributed by atoms with E-state index in [1.165, 1.54) is 10.4 Å². The number of amides is 1. The van der Waals surface area contributed by atoms with E-state index in [1.807, 2.05) is 0 Å². The summed E-state index contributed by atoms with van der Waals surface area (Å²) >= 11 is 0. The highest BCUT2D eigenvalue weighted by atomic mass is 32.2. The van der Waals surface area contributed by atoms with E-state index in [0.717, 1.165) is 6.42 Å². The number of sulfonamides is 1. The van der Waals surface area contributed by atoms with Crippen molar-refractivity contribution in [1.29, 1.82) is 0 Å². The molecule has 7 heteroatoms. The third-order valence-corrected chi connectivity index (χ3v) is 6.06. The second-order valence-electron chi connectivity index (χ2n) is 6.69. The molecule has 1 fully saturated rings. The van der Waals surface area contributed by atoms with Crippen LogP contribution < -0.4 is 11.1 Å². The highest BCUT2D eigenvalue weighted by Gasteiger charge is 2.31. The first-order valence-electron chi connectivity index (χ1n) is 8.43. The molecule has 0 radical (unpaired) electrons. The summed E-state index contributed by atoms with van der Waals surface area (Å²) in [5, 5.41) is 2.74. The number of nitrogens with zero attached hydrogens (tertiary/aromatic N) is 1. The van der Waals surface area contributed by atoms with Crippen LogP contribution in [0.4, 0.5) is 0 Å². The summed E-state index contributed by atoms with van der Waals surface area (Å²) in [6, 6.07) is 6.24. The van der Waals surface area contributed by atoms with Crippen molar-refractivity contribution in [1.82, 2.24) is 9.62 Å². The number of nitrogens with one attached hydrogen (secondary N) is 1. The van der Waals surface area contributed by atoms with E-state index in [0.29, 0.717) is 50.0 Å². The summed E-state index contributed by atoms with van der Waals surface area (Å²) in [5.41, 5.74) is 5.76. The van der Waals surface area contributed by atoms with Gasteiger partial charge in [-0.05, 0) is 49.4 Å². The molecule has 2 rings (SSSR count). The van der Waals surface area contributed by atoms with Crippen LogP contribution in [-0.2, 0) is 10.0 Å². The molecule has 0 bridgehead atoms.